The van der Waals surface area contributed by atoms with Crippen molar-refractivity contribution in [1.29, 1.82) is 0 Å². The molecule has 0 rings (SSSR count). The maximum absolute atomic E-state index is 11.8. The lowest BCUT2D eigenvalue weighted by molar-refractivity contribution is -0.149. The number of carbonyl (C=O) groups excluding carboxylic acids is 1. The van der Waals surface area contributed by atoms with Crippen LogP contribution in [0.1, 0.15) is 97.3 Å². The number of esters is 1. The third-order valence-electron chi connectivity index (χ3n) is 4.04. The second-order valence-electron chi connectivity index (χ2n) is 6.37. The number of allylic oxidation sites excluding steroid dienone is 2. The van der Waals surface area contributed by atoms with Gasteiger partial charge in [-0.05, 0) is 44.9 Å². The average molecular weight is 341 g/mol. The van der Waals surface area contributed by atoms with Crippen LogP contribution in [0.15, 0.2) is 12.2 Å². The van der Waals surface area contributed by atoms with Gasteiger partial charge in [0.25, 0.3) is 0 Å². The molecule has 0 aliphatic rings. The van der Waals surface area contributed by atoms with Crippen LogP contribution in [0, 0.1) is 0 Å². The Morgan fingerprint density at radius 3 is 2.25 bits per heavy atom. The van der Waals surface area contributed by atoms with Gasteiger partial charge in [0.2, 0.25) is 0 Å². The molecule has 0 aromatic carbocycles. The topological polar surface area (TPSA) is 63.6 Å². The van der Waals surface area contributed by atoms with Crippen LogP contribution in [0.2, 0.25) is 0 Å². The summed E-state index contributed by atoms with van der Waals surface area (Å²) in [6.07, 6.45) is 16.1. The highest BCUT2D eigenvalue weighted by Gasteiger charge is 2.12. The van der Waals surface area contributed by atoms with Gasteiger partial charge in [-0.1, -0.05) is 51.7 Å². The van der Waals surface area contributed by atoms with Gasteiger partial charge in [-0.15, -0.1) is 0 Å². The van der Waals surface area contributed by atoms with E-state index in [-0.39, 0.29) is 18.5 Å². The molecule has 0 saturated carbocycles. The van der Waals surface area contributed by atoms with E-state index in [1.54, 1.807) is 0 Å². The summed E-state index contributed by atoms with van der Waals surface area (Å²) in [5.41, 5.74) is 0. The first kappa shape index (κ1) is 22.7. The molecule has 24 heavy (non-hydrogen) atoms. The number of ether oxygens (including phenoxy) is 1. The predicted molar refractivity (Wildman–Crippen MR) is 98.0 cm³/mol. The second kappa shape index (κ2) is 16.5. The highest BCUT2D eigenvalue weighted by molar-refractivity contribution is 5.69. The molecule has 1 N–H and O–H groups in total. The van der Waals surface area contributed by atoms with Crippen LogP contribution < -0.4 is 0 Å². The van der Waals surface area contributed by atoms with Gasteiger partial charge in [-0.2, -0.15) is 0 Å². The monoisotopic (exact) mass is 340 g/mol. The molecule has 0 aliphatic carbocycles. The van der Waals surface area contributed by atoms with Gasteiger partial charge in [0.1, 0.15) is 6.10 Å². The summed E-state index contributed by atoms with van der Waals surface area (Å²) in [6.45, 7) is 4.15. The van der Waals surface area contributed by atoms with Crippen molar-refractivity contribution in [3.8, 4) is 0 Å². The highest BCUT2D eigenvalue weighted by atomic mass is 16.5. The number of carbonyl (C=O) groups is 2. The van der Waals surface area contributed by atoms with Crippen molar-refractivity contribution < 1.29 is 19.4 Å². The number of rotatable bonds is 16. The third kappa shape index (κ3) is 15.6. The molecule has 4 heteroatoms. The van der Waals surface area contributed by atoms with Crippen molar-refractivity contribution >= 4 is 11.9 Å². The lowest BCUT2D eigenvalue weighted by Gasteiger charge is -2.15. The van der Waals surface area contributed by atoms with E-state index in [9.17, 15) is 9.59 Å². The Labute approximate surface area is 147 Å². The molecule has 0 amide bonds. The first-order chi connectivity index (χ1) is 11.6. The molecule has 0 aromatic rings. The van der Waals surface area contributed by atoms with E-state index in [0.29, 0.717) is 19.3 Å². The fraction of sp³-hybridized carbons (Fsp3) is 0.800. The lowest BCUT2D eigenvalue weighted by atomic mass is 10.1. The number of hydrogen-bond donors (Lipinski definition) is 1. The van der Waals surface area contributed by atoms with Gasteiger partial charge in [-0.3, -0.25) is 9.59 Å². The molecule has 0 bridgehead atoms. The lowest BCUT2D eigenvalue weighted by Crippen LogP contribution is -2.17. The molecule has 0 aliphatic heterocycles. The van der Waals surface area contributed by atoms with Crippen LogP contribution in [-0.4, -0.2) is 23.1 Å². The van der Waals surface area contributed by atoms with E-state index in [1.165, 1.54) is 32.1 Å². The predicted octanol–water partition coefficient (Wildman–Crippen LogP) is 5.65. The number of carboxylic acids is 1. The van der Waals surface area contributed by atoms with E-state index in [0.717, 1.165) is 25.7 Å². The Morgan fingerprint density at radius 2 is 1.58 bits per heavy atom. The molecule has 0 heterocycles. The van der Waals surface area contributed by atoms with Crippen LogP contribution in [0.3, 0.4) is 0 Å². The third-order valence-corrected chi connectivity index (χ3v) is 4.04. The fourth-order valence-electron chi connectivity index (χ4n) is 2.54. The van der Waals surface area contributed by atoms with Gasteiger partial charge >= 0.3 is 11.9 Å². The Hall–Kier alpha value is -1.32. The number of carboxylic acid groups (broad SMARTS) is 1. The smallest absolute Gasteiger partial charge is 0.306 e. The van der Waals surface area contributed by atoms with Crippen molar-refractivity contribution in [2.24, 2.45) is 0 Å². The van der Waals surface area contributed by atoms with Crippen LogP contribution in [0.4, 0.5) is 0 Å². The zero-order valence-corrected chi connectivity index (χ0v) is 15.6. The summed E-state index contributed by atoms with van der Waals surface area (Å²) >= 11 is 0. The van der Waals surface area contributed by atoms with E-state index in [4.69, 9.17) is 9.84 Å². The van der Waals surface area contributed by atoms with Crippen molar-refractivity contribution in [1.82, 2.24) is 0 Å². The molecule has 4 nitrogen and oxygen atoms in total. The summed E-state index contributed by atoms with van der Waals surface area (Å²) in [6, 6.07) is 0. The zero-order chi connectivity index (χ0) is 18.0. The minimum atomic E-state index is -0.794. The largest absolute Gasteiger partial charge is 0.481 e. The Kier molecular flexibility index (Phi) is 15.6. The number of aliphatic carboxylic acids is 1. The first-order valence-corrected chi connectivity index (χ1v) is 9.66. The fourth-order valence-corrected chi connectivity index (χ4v) is 2.54. The van der Waals surface area contributed by atoms with Gasteiger partial charge in [-0.25, -0.2) is 0 Å². The van der Waals surface area contributed by atoms with Crippen LogP contribution >= 0.6 is 0 Å². The minimum Gasteiger partial charge on any atom is -0.481 e. The number of hydrogen-bond acceptors (Lipinski definition) is 3. The molecule has 1 unspecified atom stereocenters. The summed E-state index contributed by atoms with van der Waals surface area (Å²) < 4.78 is 5.42. The molecule has 0 radical (unpaired) electrons. The highest BCUT2D eigenvalue weighted by Crippen LogP contribution is 2.12. The van der Waals surface area contributed by atoms with Crippen molar-refractivity contribution in [3.63, 3.8) is 0 Å². The second-order valence-corrected chi connectivity index (χ2v) is 6.37. The average Bonchev–Trinajstić information content (AvgIpc) is 2.55. The molecule has 0 fully saturated rings. The summed E-state index contributed by atoms with van der Waals surface area (Å²) in [5.74, 6) is -0.934. The maximum atomic E-state index is 11.8. The van der Waals surface area contributed by atoms with Crippen LogP contribution in [0.25, 0.3) is 0 Å². The standard InChI is InChI=1S/C20H36O4/c1-3-5-6-7-8-9-10-11-12-13-17-20(23)24-18(4-2)15-14-16-19(21)22/h6-7,18H,3-5,8-17H2,1-2H3,(H,21,22)/b7-6-. The van der Waals surface area contributed by atoms with Gasteiger partial charge in [0.05, 0.1) is 0 Å². The van der Waals surface area contributed by atoms with Crippen LogP contribution in [-0.2, 0) is 14.3 Å². The quantitative estimate of drug-likeness (QED) is 0.224. The van der Waals surface area contributed by atoms with Gasteiger partial charge < -0.3 is 9.84 Å². The van der Waals surface area contributed by atoms with Crippen LogP contribution in [0.5, 0.6) is 0 Å². The maximum Gasteiger partial charge on any atom is 0.306 e. The van der Waals surface area contributed by atoms with E-state index in [2.05, 4.69) is 19.1 Å². The zero-order valence-electron chi connectivity index (χ0n) is 15.6. The molecule has 140 valence electrons. The van der Waals surface area contributed by atoms with Crippen molar-refractivity contribution in [2.45, 2.75) is 103 Å². The minimum absolute atomic E-state index is 0.133. The summed E-state index contributed by atoms with van der Waals surface area (Å²) in [7, 11) is 0. The van der Waals surface area contributed by atoms with E-state index < -0.39 is 5.97 Å². The summed E-state index contributed by atoms with van der Waals surface area (Å²) in [5, 5.41) is 8.63. The molecular weight excluding hydrogens is 304 g/mol. The van der Waals surface area contributed by atoms with E-state index in [1.807, 2.05) is 6.92 Å². The molecule has 1 atom stereocenters. The summed E-state index contributed by atoms with van der Waals surface area (Å²) in [4.78, 5) is 22.3. The van der Waals surface area contributed by atoms with Gasteiger partial charge in [0.15, 0.2) is 0 Å². The van der Waals surface area contributed by atoms with Crippen molar-refractivity contribution in [3.05, 3.63) is 12.2 Å². The SMILES string of the molecule is CCC/C=C\CCCCCCCC(=O)OC(CC)CCCC(=O)O. The van der Waals surface area contributed by atoms with Crippen molar-refractivity contribution in [2.75, 3.05) is 0 Å². The normalized spacial score (nSPS) is 12.4. The van der Waals surface area contributed by atoms with Gasteiger partial charge in [0, 0.05) is 12.8 Å². The Morgan fingerprint density at radius 1 is 0.917 bits per heavy atom. The molecule has 0 spiro atoms. The molecule has 0 aromatic heterocycles. The first-order valence-electron chi connectivity index (χ1n) is 9.66. The Balaban J connectivity index is 3.55. The molecular formula is C20H36O4. The Bertz CT molecular complexity index is 350. The van der Waals surface area contributed by atoms with E-state index >= 15 is 0 Å². The number of unbranched alkanes of at least 4 members (excludes halogenated alkanes) is 6. The molecule has 0 saturated heterocycles.